The smallest absolute Gasteiger partial charge is 0.162 e. The number of hydrogen-bond donors (Lipinski definition) is 1. The Kier molecular flexibility index (Phi) is 5.00. The van der Waals surface area contributed by atoms with Crippen molar-refractivity contribution in [3.63, 3.8) is 0 Å². The molecule has 5 nitrogen and oxygen atoms in total. The topological polar surface area (TPSA) is 60.5 Å². The molecule has 3 aromatic rings. The fourth-order valence-corrected chi connectivity index (χ4v) is 3.73. The normalized spacial score (nSPS) is 19.9. The molecule has 1 fully saturated rings. The van der Waals surface area contributed by atoms with E-state index in [1.165, 1.54) is 16.3 Å². The van der Waals surface area contributed by atoms with Gasteiger partial charge in [-0.15, -0.1) is 0 Å². The first-order valence-corrected chi connectivity index (χ1v) is 10.1. The van der Waals surface area contributed by atoms with Gasteiger partial charge in [0.15, 0.2) is 17.6 Å². The Morgan fingerprint density at radius 2 is 1.83 bits per heavy atom. The van der Waals surface area contributed by atoms with Gasteiger partial charge in [0.25, 0.3) is 0 Å². The van der Waals surface area contributed by atoms with Crippen LogP contribution in [0.15, 0.2) is 54.6 Å². The zero-order valence-electron chi connectivity index (χ0n) is 16.2. The average Bonchev–Trinajstić information content (AvgIpc) is 3.60. The molecule has 0 bridgehead atoms. The highest BCUT2D eigenvalue weighted by molar-refractivity contribution is 5.87. The molecule has 150 valence electrons. The molecule has 29 heavy (non-hydrogen) atoms. The third-order valence-corrected chi connectivity index (χ3v) is 5.42. The molecule has 1 N–H and O–H groups in total. The number of aliphatic hydroxyl groups excluding tert-OH is 1. The molecular formula is C24H24O5. The van der Waals surface area contributed by atoms with Crippen molar-refractivity contribution in [3.05, 3.63) is 65.7 Å². The second kappa shape index (κ2) is 7.93. The van der Waals surface area contributed by atoms with Crippen molar-refractivity contribution < 1.29 is 24.1 Å². The van der Waals surface area contributed by atoms with Crippen LogP contribution in [-0.4, -0.2) is 43.7 Å². The predicted octanol–water partition coefficient (Wildman–Crippen LogP) is 3.53. The number of hydrogen-bond acceptors (Lipinski definition) is 5. The molecule has 0 radical (unpaired) electrons. The van der Waals surface area contributed by atoms with Crippen LogP contribution >= 0.6 is 0 Å². The van der Waals surface area contributed by atoms with Crippen LogP contribution in [0.1, 0.15) is 11.1 Å². The van der Waals surface area contributed by atoms with Crippen LogP contribution < -0.4 is 14.2 Å². The van der Waals surface area contributed by atoms with Gasteiger partial charge in [0.1, 0.15) is 25.1 Å². The molecule has 1 saturated heterocycles. The van der Waals surface area contributed by atoms with Gasteiger partial charge in [0.2, 0.25) is 0 Å². The predicted molar refractivity (Wildman–Crippen MR) is 110 cm³/mol. The van der Waals surface area contributed by atoms with Crippen molar-refractivity contribution in [1.82, 2.24) is 0 Å². The third kappa shape index (κ3) is 4.02. The summed E-state index contributed by atoms with van der Waals surface area (Å²) in [6, 6.07) is 18.6. The second-order valence-electron chi connectivity index (χ2n) is 7.54. The summed E-state index contributed by atoms with van der Waals surface area (Å²) in [5, 5.41) is 11.8. The lowest BCUT2D eigenvalue weighted by Crippen LogP contribution is -2.32. The van der Waals surface area contributed by atoms with Gasteiger partial charge in [0, 0.05) is 5.56 Å². The number of aryl methyl sites for hydroxylation is 2. The summed E-state index contributed by atoms with van der Waals surface area (Å²) in [5.74, 6) is 2.36. The quantitative estimate of drug-likeness (QED) is 0.624. The number of fused-ring (bicyclic) bond motifs is 2. The van der Waals surface area contributed by atoms with E-state index >= 15 is 0 Å². The Morgan fingerprint density at radius 1 is 0.931 bits per heavy atom. The van der Waals surface area contributed by atoms with Gasteiger partial charge in [-0.3, -0.25) is 0 Å². The first-order valence-electron chi connectivity index (χ1n) is 10.1. The molecule has 2 atom stereocenters. The maximum Gasteiger partial charge on any atom is 0.162 e. The highest BCUT2D eigenvalue weighted by Gasteiger charge is 2.24. The highest BCUT2D eigenvalue weighted by Crippen LogP contribution is 2.34. The lowest BCUT2D eigenvalue weighted by atomic mass is 9.97. The Hall–Kier alpha value is -2.76. The van der Waals surface area contributed by atoms with Crippen LogP contribution in [0.3, 0.4) is 0 Å². The van der Waals surface area contributed by atoms with Gasteiger partial charge in [-0.2, -0.15) is 0 Å². The van der Waals surface area contributed by atoms with E-state index in [-0.39, 0.29) is 18.8 Å². The molecule has 0 spiro atoms. The fraction of sp³-hybridized carbons (Fsp3) is 0.333. The summed E-state index contributed by atoms with van der Waals surface area (Å²) < 4.78 is 22.9. The first kappa shape index (κ1) is 18.3. The highest BCUT2D eigenvalue weighted by atomic mass is 16.6. The van der Waals surface area contributed by atoms with Crippen molar-refractivity contribution >= 4 is 10.8 Å². The Morgan fingerprint density at radius 3 is 2.69 bits per heavy atom. The number of benzene rings is 3. The van der Waals surface area contributed by atoms with Crippen molar-refractivity contribution in [2.75, 3.05) is 26.4 Å². The zero-order chi connectivity index (χ0) is 19.6. The first-order chi connectivity index (χ1) is 14.3. The van der Waals surface area contributed by atoms with Crippen LogP contribution in [0, 0.1) is 0 Å². The molecule has 3 aromatic carbocycles. The molecule has 5 heteroatoms. The maximum absolute atomic E-state index is 9.34. The lowest BCUT2D eigenvalue weighted by molar-refractivity contribution is 0.0455. The number of aliphatic hydroxyl groups is 1. The third-order valence-electron chi connectivity index (χ3n) is 5.42. The van der Waals surface area contributed by atoms with Crippen LogP contribution in [0.2, 0.25) is 0 Å². The van der Waals surface area contributed by atoms with Gasteiger partial charge in [-0.05, 0) is 47.4 Å². The minimum atomic E-state index is -0.305. The average molecular weight is 392 g/mol. The number of ether oxygens (including phenoxy) is 4. The summed E-state index contributed by atoms with van der Waals surface area (Å²) in [6.07, 6.45) is 1.63. The lowest BCUT2D eigenvalue weighted by Gasteiger charge is -2.25. The van der Waals surface area contributed by atoms with E-state index in [9.17, 15) is 5.11 Å². The largest absolute Gasteiger partial charge is 0.490 e. The molecular weight excluding hydrogens is 368 g/mol. The van der Waals surface area contributed by atoms with Crippen molar-refractivity contribution in [1.29, 1.82) is 0 Å². The Balaban J connectivity index is 1.39. The van der Waals surface area contributed by atoms with Gasteiger partial charge < -0.3 is 24.1 Å². The number of rotatable bonds is 7. The summed E-state index contributed by atoms with van der Waals surface area (Å²) in [6.45, 7) is 1.71. The molecule has 2 aliphatic rings. The zero-order valence-corrected chi connectivity index (χ0v) is 16.2. The standard InChI is InChI=1S/C24H24O5/c25-12-18-13-28-23-9-6-16(11-24(23)29-18)5-8-21-20-4-2-1-3-17(20)7-10-22(21)27-15-19-14-26-19/h1-4,6-7,9-11,18-19,25H,5,8,12-15H2. The summed E-state index contributed by atoms with van der Waals surface area (Å²) in [5.41, 5.74) is 2.38. The van der Waals surface area contributed by atoms with Gasteiger partial charge >= 0.3 is 0 Å². The summed E-state index contributed by atoms with van der Waals surface area (Å²) in [7, 11) is 0. The van der Waals surface area contributed by atoms with Gasteiger partial charge in [-0.25, -0.2) is 0 Å². The maximum atomic E-state index is 9.34. The van der Waals surface area contributed by atoms with E-state index in [1.54, 1.807) is 0 Å². The van der Waals surface area contributed by atoms with Gasteiger partial charge in [-0.1, -0.05) is 36.4 Å². The van der Waals surface area contributed by atoms with Crippen molar-refractivity contribution in [2.24, 2.45) is 0 Å². The van der Waals surface area contributed by atoms with Gasteiger partial charge in [0.05, 0.1) is 13.2 Å². The van der Waals surface area contributed by atoms with E-state index in [1.807, 2.05) is 12.1 Å². The SMILES string of the molecule is OCC1COc2ccc(CCc3c(OCC4CO4)ccc4ccccc34)cc2O1. The fourth-order valence-electron chi connectivity index (χ4n) is 3.73. The Labute approximate surface area is 169 Å². The van der Waals surface area contributed by atoms with Crippen LogP contribution in [0.25, 0.3) is 10.8 Å². The van der Waals surface area contributed by atoms with Crippen molar-refractivity contribution in [2.45, 2.75) is 25.0 Å². The monoisotopic (exact) mass is 392 g/mol. The molecule has 2 aliphatic heterocycles. The minimum absolute atomic E-state index is 0.0505. The number of epoxide rings is 1. The van der Waals surface area contributed by atoms with E-state index in [2.05, 4.69) is 42.5 Å². The molecule has 0 aromatic heterocycles. The van der Waals surface area contributed by atoms with E-state index in [4.69, 9.17) is 18.9 Å². The van der Waals surface area contributed by atoms with Crippen LogP contribution in [0.4, 0.5) is 0 Å². The summed E-state index contributed by atoms with van der Waals surface area (Å²) in [4.78, 5) is 0. The molecule has 0 amide bonds. The van der Waals surface area contributed by atoms with E-state index < -0.39 is 0 Å². The molecule has 0 aliphatic carbocycles. The molecule has 5 rings (SSSR count). The van der Waals surface area contributed by atoms with Crippen molar-refractivity contribution in [3.8, 4) is 17.2 Å². The van der Waals surface area contributed by atoms with Crippen LogP contribution in [-0.2, 0) is 17.6 Å². The summed E-state index contributed by atoms with van der Waals surface area (Å²) >= 11 is 0. The van der Waals surface area contributed by atoms with E-state index in [0.29, 0.717) is 19.0 Å². The molecule has 2 unspecified atom stereocenters. The minimum Gasteiger partial charge on any atom is -0.490 e. The Bertz CT molecular complexity index is 1010. The second-order valence-corrected chi connectivity index (χ2v) is 7.54. The van der Waals surface area contributed by atoms with E-state index in [0.717, 1.165) is 36.5 Å². The molecule has 0 saturated carbocycles. The molecule has 2 heterocycles. The van der Waals surface area contributed by atoms with Crippen LogP contribution in [0.5, 0.6) is 17.2 Å².